The van der Waals surface area contributed by atoms with Crippen LogP contribution in [0, 0.1) is 6.92 Å². The van der Waals surface area contributed by atoms with Gasteiger partial charge in [0.15, 0.2) is 17.6 Å². The van der Waals surface area contributed by atoms with Gasteiger partial charge in [0.1, 0.15) is 11.5 Å². The molecule has 222 valence electrons. The molecule has 0 saturated heterocycles. The van der Waals surface area contributed by atoms with E-state index in [2.05, 4.69) is 0 Å². The van der Waals surface area contributed by atoms with Gasteiger partial charge in [-0.25, -0.2) is 8.42 Å². The Morgan fingerprint density at radius 3 is 2.27 bits per heavy atom. The number of hydrogen-bond acceptors (Lipinski definition) is 7. The van der Waals surface area contributed by atoms with Gasteiger partial charge in [-0.15, -0.1) is 11.3 Å². The minimum absolute atomic E-state index is 0.0758. The highest BCUT2D eigenvalue weighted by molar-refractivity contribution is 7.89. The summed E-state index contributed by atoms with van der Waals surface area (Å²) in [5.41, 5.74) is 4.54. The molecular formula is C35H29NO6S2. The monoisotopic (exact) mass is 623 g/mol. The molecule has 7 rings (SSSR count). The van der Waals surface area contributed by atoms with Gasteiger partial charge in [0.2, 0.25) is 6.79 Å². The van der Waals surface area contributed by atoms with Gasteiger partial charge >= 0.3 is 0 Å². The summed E-state index contributed by atoms with van der Waals surface area (Å²) < 4.78 is 54.8. The molecule has 7 nitrogen and oxygen atoms in total. The van der Waals surface area contributed by atoms with Crippen LogP contribution in [0.1, 0.15) is 33.2 Å². The Hall–Kier alpha value is -4.73. The van der Waals surface area contributed by atoms with Crippen LogP contribution in [0.4, 0.5) is 0 Å². The second-order valence-corrected chi connectivity index (χ2v) is 13.3. The van der Waals surface area contributed by atoms with Gasteiger partial charge in [-0.1, -0.05) is 66.2 Å². The predicted molar refractivity (Wildman–Crippen MR) is 170 cm³/mol. The Kier molecular flexibility index (Phi) is 7.27. The Morgan fingerprint density at radius 1 is 0.864 bits per heavy atom. The maximum atomic E-state index is 14.8. The quantitative estimate of drug-likeness (QED) is 0.177. The van der Waals surface area contributed by atoms with Crippen molar-refractivity contribution in [3.63, 3.8) is 0 Å². The van der Waals surface area contributed by atoms with Crippen molar-refractivity contribution >= 4 is 32.6 Å². The van der Waals surface area contributed by atoms with Crippen molar-refractivity contribution in [3.8, 4) is 23.0 Å². The molecule has 44 heavy (non-hydrogen) atoms. The van der Waals surface area contributed by atoms with E-state index in [4.69, 9.17) is 18.9 Å². The van der Waals surface area contributed by atoms with E-state index in [-0.39, 0.29) is 18.2 Å². The van der Waals surface area contributed by atoms with Gasteiger partial charge < -0.3 is 18.9 Å². The molecule has 0 N–H and O–H groups in total. The molecule has 3 heterocycles. The summed E-state index contributed by atoms with van der Waals surface area (Å²) in [5.74, 6) is 2.29. The Morgan fingerprint density at radius 2 is 1.59 bits per heavy atom. The zero-order valence-electron chi connectivity index (χ0n) is 24.1. The number of rotatable bonds is 8. The zero-order valence-corrected chi connectivity index (χ0v) is 25.7. The molecule has 4 aromatic carbocycles. The highest BCUT2D eigenvalue weighted by Gasteiger charge is 2.40. The van der Waals surface area contributed by atoms with Crippen LogP contribution in [-0.4, -0.2) is 26.6 Å². The fourth-order valence-corrected chi connectivity index (χ4v) is 7.77. The van der Waals surface area contributed by atoms with Gasteiger partial charge in [-0.05, 0) is 59.8 Å². The van der Waals surface area contributed by atoms with E-state index < -0.39 is 16.1 Å². The summed E-state index contributed by atoms with van der Waals surface area (Å²) in [4.78, 5) is 1.09. The van der Waals surface area contributed by atoms with Crippen LogP contribution in [0.3, 0.4) is 0 Å². The predicted octanol–water partition coefficient (Wildman–Crippen LogP) is 7.69. The first-order valence-electron chi connectivity index (χ1n) is 14.1. The Labute approximate surface area is 260 Å². The molecule has 5 aromatic rings. The number of fused-ring (bicyclic) bond motifs is 2. The lowest BCUT2D eigenvalue weighted by Crippen LogP contribution is -2.33. The van der Waals surface area contributed by atoms with E-state index in [1.54, 1.807) is 25.3 Å². The molecular weight excluding hydrogens is 595 g/mol. The standard InChI is InChI=1S/C35H29NO6S2/c1-23-10-16-27(17-11-23)44(37,38)36(21-24-7-4-3-5-8-24)34-28-19-30-31(41-22-40-30)20-29(28)42-35(33(34)32-9-6-18-43-32)25-12-14-26(39-2)15-13-25/h3-20,35H,21-22H2,1-2H3/t35-/m1/s1. The van der Waals surface area contributed by atoms with Crippen molar-refractivity contribution in [3.05, 3.63) is 136 Å². The number of methoxy groups -OCH3 is 1. The number of aryl methyl sites for hydroxylation is 1. The van der Waals surface area contributed by atoms with Gasteiger partial charge in [0, 0.05) is 22.1 Å². The smallest absolute Gasteiger partial charge is 0.264 e. The number of nitrogens with zero attached hydrogens (tertiary/aromatic N) is 1. The van der Waals surface area contributed by atoms with Gasteiger partial charge in [-0.2, -0.15) is 0 Å². The molecule has 2 aliphatic heterocycles. The van der Waals surface area contributed by atoms with Crippen LogP contribution in [-0.2, 0) is 16.6 Å². The third-order valence-electron chi connectivity index (χ3n) is 7.72. The summed E-state index contributed by atoms with van der Waals surface area (Å²) in [6.07, 6.45) is -0.631. The summed E-state index contributed by atoms with van der Waals surface area (Å²) >= 11 is 1.53. The molecule has 0 aliphatic carbocycles. The number of hydrogen-bond donors (Lipinski definition) is 0. The second kappa shape index (κ2) is 11.4. The maximum Gasteiger partial charge on any atom is 0.264 e. The lowest BCUT2D eigenvalue weighted by molar-refractivity contribution is 0.173. The third-order valence-corrected chi connectivity index (χ3v) is 10.4. The molecule has 0 saturated carbocycles. The minimum Gasteiger partial charge on any atom is -0.497 e. The number of sulfonamides is 1. The summed E-state index contributed by atoms with van der Waals surface area (Å²) in [7, 11) is -2.46. The lowest BCUT2D eigenvalue weighted by atomic mass is 9.91. The van der Waals surface area contributed by atoms with Crippen molar-refractivity contribution < 1.29 is 27.4 Å². The Bertz CT molecular complexity index is 1940. The second-order valence-electron chi connectivity index (χ2n) is 10.5. The number of benzene rings is 4. The van der Waals surface area contributed by atoms with Crippen LogP contribution >= 0.6 is 11.3 Å². The molecule has 1 aromatic heterocycles. The molecule has 0 amide bonds. The van der Waals surface area contributed by atoms with E-state index in [1.165, 1.54) is 15.6 Å². The molecule has 9 heteroatoms. The first kappa shape index (κ1) is 28.1. The molecule has 0 spiro atoms. The normalized spacial score (nSPS) is 15.5. The van der Waals surface area contributed by atoms with Crippen molar-refractivity contribution in [2.75, 3.05) is 13.9 Å². The van der Waals surface area contributed by atoms with E-state index in [0.29, 0.717) is 34.3 Å². The highest BCUT2D eigenvalue weighted by Crippen LogP contribution is 2.53. The fraction of sp³-hybridized carbons (Fsp3) is 0.143. The SMILES string of the molecule is COc1ccc([C@H]2Oc3cc4c(cc3C(N(Cc3ccccc3)S(=O)(=O)c3ccc(C)cc3)=C2c2cccs2)OCO4)cc1. The van der Waals surface area contributed by atoms with Crippen LogP contribution in [0.25, 0.3) is 11.3 Å². The molecule has 0 radical (unpaired) electrons. The minimum atomic E-state index is -4.08. The van der Waals surface area contributed by atoms with Gasteiger partial charge in [-0.3, -0.25) is 4.31 Å². The topological polar surface area (TPSA) is 74.3 Å². The van der Waals surface area contributed by atoms with Crippen molar-refractivity contribution in [1.82, 2.24) is 4.31 Å². The first-order chi connectivity index (χ1) is 21.4. The van der Waals surface area contributed by atoms with Crippen LogP contribution in [0.2, 0.25) is 0 Å². The van der Waals surface area contributed by atoms with Crippen molar-refractivity contribution in [2.45, 2.75) is 24.5 Å². The molecule has 0 bridgehead atoms. The molecule has 2 aliphatic rings. The zero-order chi connectivity index (χ0) is 30.3. The van der Waals surface area contributed by atoms with Crippen molar-refractivity contribution in [1.29, 1.82) is 0 Å². The average molecular weight is 624 g/mol. The van der Waals surface area contributed by atoms with Crippen LogP contribution < -0.4 is 18.9 Å². The van der Waals surface area contributed by atoms with E-state index >= 15 is 0 Å². The first-order valence-corrected chi connectivity index (χ1v) is 16.4. The average Bonchev–Trinajstić information content (AvgIpc) is 3.75. The molecule has 0 unspecified atom stereocenters. The summed E-state index contributed by atoms with van der Waals surface area (Å²) in [5, 5.41) is 1.98. The van der Waals surface area contributed by atoms with E-state index in [1.807, 2.05) is 97.2 Å². The Balaban J connectivity index is 1.54. The molecule has 0 fully saturated rings. The number of thiophene rings is 1. The summed E-state index contributed by atoms with van der Waals surface area (Å²) in [6.45, 7) is 2.11. The number of ether oxygens (including phenoxy) is 4. The van der Waals surface area contributed by atoms with Gasteiger partial charge in [0.05, 0.1) is 24.2 Å². The van der Waals surface area contributed by atoms with E-state index in [0.717, 1.165) is 27.1 Å². The van der Waals surface area contributed by atoms with Gasteiger partial charge in [0.25, 0.3) is 10.0 Å². The molecule has 1 atom stereocenters. The highest BCUT2D eigenvalue weighted by atomic mass is 32.2. The van der Waals surface area contributed by atoms with Crippen LogP contribution in [0.15, 0.2) is 113 Å². The lowest BCUT2D eigenvalue weighted by Gasteiger charge is -2.37. The van der Waals surface area contributed by atoms with E-state index in [9.17, 15) is 8.42 Å². The van der Waals surface area contributed by atoms with Crippen LogP contribution in [0.5, 0.6) is 23.0 Å². The fourth-order valence-electron chi connectivity index (χ4n) is 5.49. The van der Waals surface area contributed by atoms with Crippen molar-refractivity contribution in [2.24, 2.45) is 0 Å². The largest absolute Gasteiger partial charge is 0.497 e. The third kappa shape index (κ3) is 5.08. The summed E-state index contributed by atoms with van der Waals surface area (Å²) in [6, 6.07) is 31.8. The maximum absolute atomic E-state index is 14.8.